The second-order valence-corrected chi connectivity index (χ2v) is 8.49. The monoisotopic (exact) mass is 306 g/mol. The normalized spacial score (nSPS) is 29.0. The van der Waals surface area contributed by atoms with Crippen molar-refractivity contribution < 1.29 is 8.42 Å². The van der Waals surface area contributed by atoms with Gasteiger partial charge in [-0.2, -0.15) is 13.5 Å². The molecule has 0 radical (unpaired) electrons. The summed E-state index contributed by atoms with van der Waals surface area (Å²) in [4.78, 5) is 2.70. The topological polar surface area (TPSA) is 58.5 Å². The van der Waals surface area contributed by atoms with Gasteiger partial charge in [-0.1, -0.05) is 31.5 Å². The Kier molecular flexibility index (Phi) is 3.35. The van der Waals surface area contributed by atoms with Crippen LogP contribution in [0, 0.1) is 24.2 Å². The van der Waals surface area contributed by atoms with Crippen molar-refractivity contribution in [1.29, 1.82) is 0 Å². The Morgan fingerprint density at radius 3 is 2.43 bits per heavy atom. The van der Waals surface area contributed by atoms with Gasteiger partial charge in [0.05, 0.1) is 4.90 Å². The highest BCUT2D eigenvalue weighted by atomic mass is 32.2. The van der Waals surface area contributed by atoms with Gasteiger partial charge < -0.3 is 0 Å². The molecule has 1 N–H and O–H groups in total. The van der Waals surface area contributed by atoms with Crippen LogP contribution in [0.25, 0.3) is 0 Å². The predicted octanol–water partition coefficient (Wildman–Crippen LogP) is 3.09. The maximum Gasteiger partial charge on any atom is 0.276 e. The molecule has 0 amide bonds. The van der Waals surface area contributed by atoms with E-state index in [9.17, 15) is 8.42 Å². The summed E-state index contributed by atoms with van der Waals surface area (Å²) < 4.78 is 24.6. The van der Waals surface area contributed by atoms with Crippen molar-refractivity contribution in [3.8, 4) is 0 Å². The molecule has 2 atom stereocenters. The fourth-order valence-electron chi connectivity index (χ4n) is 3.74. The van der Waals surface area contributed by atoms with Crippen molar-refractivity contribution >= 4 is 15.7 Å². The zero-order valence-corrected chi connectivity index (χ0v) is 13.6. The van der Waals surface area contributed by atoms with Crippen molar-refractivity contribution in [2.24, 2.45) is 22.4 Å². The smallest absolute Gasteiger partial charge is 0.200 e. The van der Waals surface area contributed by atoms with Crippen LogP contribution in [0.4, 0.5) is 0 Å². The number of aryl methyl sites for hydroxylation is 1. The highest BCUT2D eigenvalue weighted by molar-refractivity contribution is 7.89. The first-order chi connectivity index (χ1) is 9.80. The average molecular weight is 306 g/mol. The number of hydrazone groups is 1. The molecule has 2 fully saturated rings. The van der Waals surface area contributed by atoms with E-state index in [1.807, 2.05) is 6.92 Å². The molecule has 0 aliphatic heterocycles. The summed E-state index contributed by atoms with van der Waals surface area (Å²) in [7, 11) is -3.57. The van der Waals surface area contributed by atoms with Gasteiger partial charge in [-0.05, 0) is 50.2 Å². The lowest BCUT2D eigenvalue weighted by Crippen LogP contribution is -2.33. The van der Waals surface area contributed by atoms with Gasteiger partial charge in [-0.25, -0.2) is 4.83 Å². The van der Waals surface area contributed by atoms with E-state index in [0.717, 1.165) is 24.1 Å². The minimum Gasteiger partial charge on any atom is -0.200 e. The van der Waals surface area contributed by atoms with Crippen LogP contribution in [0.5, 0.6) is 0 Å². The van der Waals surface area contributed by atoms with Gasteiger partial charge in [-0.3, -0.25) is 0 Å². The van der Waals surface area contributed by atoms with Crippen LogP contribution < -0.4 is 4.83 Å². The number of nitrogens with one attached hydrogen (secondary N) is 1. The number of hydrogen-bond donors (Lipinski definition) is 1. The first-order valence-corrected chi connectivity index (χ1v) is 8.95. The summed E-state index contributed by atoms with van der Waals surface area (Å²) >= 11 is 0. The van der Waals surface area contributed by atoms with E-state index in [4.69, 9.17) is 0 Å². The van der Waals surface area contributed by atoms with Gasteiger partial charge in [0.25, 0.3) is 10.0 Å². The summed E-state index contributed by atoms with van der Waals surface area (Å²) in [5, 5.41) is 4.31. The van der Waals surface area contributed by atoms with E-state index in [1.165, 1.54) is 6.42 Å². The van der Waals surface area contributed by atoms with Crippen molar-refractivity contribution in [2.75, 3.05) is 0 Å². The molecule has 2 saturated carbocycles. The van der Waals surface area contributed by atoms with Crippen molar-refractivity contribution in [1.82, 2.24) is 4.83 Å². The van der Waals surface area contributed by atoms with E-state index in [2.05, 4.69) is 23.8 Å². The second kappa shape index (κ2) is 4.83. The highest BCUT2D eigenvalue weighted by Gasteiger charge is 2.50. The van der Waals surface area contributed by atoms with Crippen LogP contribution in [-0.2, 0) is 10.0 Å². The Morgan fingerprint density at radius 1 is 1.19 bits per heavy atom. The number of sulfonamides is 1. The molecule has 2 aliphatic carbocycles. The van der Waals surface area contributed by atoms with Crippen LogP contribution in [0.1, 0.15) is 38.7 Å². The lowest BCUT2D eigenvalue weighted by atomic mass is 9.75. The molecule has 3 rings (SSSR count). The fourth-order valence-corrected chi connectivity index (χ4v) is 4.55. The maximum atomic E-state index is 12.3. The van der Waals surface area contributed by atoms with E-state index in [1.54, 1.807) is 24.3 Å². The third-order valence-electron chi connectivity index (χ3n) is 5.12. The second-order valence-electron chi connectivity index (χ2n) is 6.83. The first kappa shape index (κ1) is 14.6. The number of fused-ring (bicyclic) bond motifs is 2. The van der Waals surface area contributed by atoms with E-state index >= 15 is 0 Å². The molecule has 1 aromatic rings. The molecule has 1 aromatic carbocycles. The zero-order chi connectivity index (χ0) is 15.3. The van der Waals surface area contributed by atoms with Crippen LogP contribution in [0.2, 0.25) is 0 Å². The van der Waals surface area contributed by atoms with Crippen molar-refractivity contribution in [3.05, 3.63) is 29.8 Å². The van der Waals surface area contributed by atoms with Gasteiger partial charge in [0.2, 0.25) is 0 Å². The van der Waals surface area contributed by atoms with Crippen LogP contribution in [-0.4, -0.2) is 14.1 Å². The molecular weight excluding hydrogens is 284 g/mol. The summed E-state index contributed by atoms with van der Waals surface area (Å²) in [6, 6.07) is 6.82. The van der Waals surface area contributed by atoms with Gasteiger partial charge in [0.1, 0.15) is 0 Å². The number of hydrogen-bond acceptors (Lipinski definition) is 3. The van der Waals surface area contributed by atoms with Crippen molar-refractivity contribution in [2.45, 2.75) is 44.9 Å². The van der Waals surface area contributed by atoms with Crippen molar-refractivity contribution in [3.63, 3.8) is 0 Å². The maximum absolute atomic E-state index is 12.3. The Morgan fingerprint density at radius 2 is 1.86 bits per heavy atom. The largest absolute Gasteiger partial charge is 0.276 e. The van der Waals surface area contributed by atoms with Gasteiger partial charge in [0, 0.05) is 11.1 Å². The van der Waals surface area contributed by atoms with Crippen LogP contribution in [0.15, 0.2) is 34.3 Å². The first-order valence-electron chi connectivity index (χ1n) is 7.47. The molecule has 114 valence electrons. The Balaban J connectivity index is 1.84. The molecule has 2 aliphatic rings. The Labute approximate surface area is 126 Å². The SMILES string of the molecule is Cc1ccc(S(=O)(=O)N/N=C2/[C@@H]3CC[C@@H](C3)C2(C)C)cc1. The Hall–Kier alpha value is -1.36. The summed E-state index contributed by atoms with van der Waals surface area (Å²) in [6.45, 7) is 6.29. The summed E-state index contributed by atoms with van der Waals surface area (Å²) in [5.41, 5.74) is 2.07. The predicted molar refractivity (Wildman–Crippen MR) is 83.5 cm³/mol. The third-order valence-corrected chi connectivity index (χ3v) is 6.34. The van der Waals surface area contributed by atoms with Gasteiger partial charge in [-0.15, -0.1) is 0 Å². The molecule has 0 unspecified atom stereocenters. The number of rotatable bonds is 3. The standard InChI is InChI=1S/C16H22N2O2S/c1-11-4-8-14(9-5-11)21(19,20)18-17-15-12-6-7-13(10-12)16(15,2)3/h4-5,8-9,12-13,18H,6-7,10H2,1-3H3/b17-15-/t12-,13+/m1/s1. The molecule has 5 heteroatoms. The van der Waals surface area contributed by atoms with Gasteiger partial charge in [0.15, 0.2) is 0 Å². The molecule has 4 nitrogen and oxygen atoms in total. The molecular formula is C16H22N2O2S. The lowest BCUT2D eigenvalue weighted by Gasteiger charge is -2.31. The summed E-state index contributed by atoms with van der Waals surface area (Å²) in [6.07, 6.45) is 3.53. The molecule has 0 saturated heterocycles. The minimum atomic E-state index is -3.57. The molecule has 21 heavy (non-hydrogen) atoms. The molecule has 0 spiro atoms. The zero-order valence-electron chi connectivity index (χ0n) is 12.8. The molecule has 2 bridgehead atoms. The van der Waals surface area contributed by atoms with Crippen LogP contribution >= 0.6 is 0 Å². The number of benzene rings is 1. The van der Waals surface area contributed by atoms with Crippen LogP contribution in [0.3, 0.4) is 0 Å². The quantitative estimate of drug-likeness (QED) is 0.872. The average Bonchev–Trinajstić information content (AvgIpc) is 2.96. The van der Waals surface area contributed by atoms with E-state index < -0.39 is 10.0 Å². The molecule has 0 aromatic heterocycles. The van der Waals surface area contributed by atoms with E-state index in [0.29, 0.717) is 11.8 Å². The Bertz CT molecular complexity index is 675. The third kappa shape index (κ3) is 2.48. The lowest BCUT2D eigenvalue weighted by molar-refractivity contribution is 0.333. The highest BCUT2D eigenvalue weighted by Crippen LogP contribution is 2.53. The fraction of sp³-hybridized carbons (Fsp3) is 0.562. The van der Waals surface area contributed by atoms with E-state index in [-0.39, 0.29) is 10.3 Å². The molecule has 0 heterocycles. The minimum absolute atomic E-state index is 0.0126. The number of nitrogens with zero attached hydrogens (tertiary/aromatic N) is 1. The van der Waals surface area contributed by atoms with Gasteiger partial charge >= 0.3 is 0 Å². The summed E-state index contributed by atoms with van der Waals surface area (Å²) in [5.74, 6) is 1.09.